The maximum absolute atomic E-state index is 12.6. The summed E-state index contributed by atoms with van der Waals surface area (Å²) >= 11 is 0. The van der Waals surface area contributed by atoms with Crippen LogP contribution in [0.3, 0.4) is 0 Å². The highest BCUT2D eigenvalue weighted by Crippen LogP contribution is 2.22. The number of amides is 1. The zero-order chi connectivity index (χ0) is 20.9. The summed E-state index contributed by atoms with van der Waals surface area (Å²) in [5, 5.41) is 2.80. The van der Waals surface area contributed by atoms with Crippen LogP contribution in [0.2, 0.25) is 0 Å². The first-order valence-corrected chi connectivity index (χ1v) is 10.7. The highest BCUT2D eigenvalue weighted by Gasteiger charge is 2.17. The second-order valence-corrected chi connectivity index (χ2v) is 8.98. The third kappa shape index (κ3) is 5.99. The first-order valence-electron chi connectivity index (χ1n) is 9.23. The van der Waals surface area contributed by atoms with Gasteiger partial charge in [-0.25, -0.2) is 8.42 Å². The molecule has 2 rings (SSSR count). The van der Waals surface area contributed by atoms with Crippen LogP contribution >= 0.6 is 0 Å². The maximum atomic E-state index is 12.6. The number of hydrogen-bond acceptors (Lipinski definition) is 4. The van der Waals surface area contributed by atoms with E-state index in [4.69, 9.17) is 4.74 Å². The molecule has 0 heterocycles. The molecule has 0 saturated heterocycles. The number of benzene rings is 2. The van der Waals surface area contributed by atoms with E-state index in [1.165, 1.54) is 12.1 Å². The van der Waals surface area contributed by atoms with Crippen LogP contribution in [0.15, 0.2) is 47.4 Å². The minimum atomic E-state index is -3.71. The number of rotatable bonds is 8. The summed E-state index contributed by atoms with van der Waals surface area (Å²) < 4.78 is 33.4. The smallest absolute Gasteiger partial charge is 0.261 e. The quantitative estimate of drug-likeness (QED) is 0.703. The van der Waals surface area contributed by atoms with Gasteiger partial charge in [0, 0.05) is 6.54 Å². The topological polar surface area (TPSA) is 84.5 Å². The lowest BCUT2D eigenvalue weighted by Crippen LogP contribution is -2.38. The molecule has 1 atom stereocenters. The number of sulfonamides is 1. The molecule has 0 radical (unpaired) electrons. The summed E-state index contributed by atoms with van der Waals surface area (Å²) in [6.07, 6.45) is -0.672. The molecule has 6 nitrogen and oxygen atoms in total. The van der Waals surface area contributed by atoms with Crippen molar-refractivity contribution in [3.05, 3.63) is 53.6 Å². The molecule has 0 fully saturated rings. The molecule has 0 aliphatic carbocycles. The third-order valence-electron chi connectivity index (χ3n) is 4.13. The van der Waals surface area contributed by atoms with Crippen molar-refractivity contribution in [1.82, 2.24) is 5.32 Å². The summed E-state index contributed by atoms with van der Waals surface area (Å²) in [5.41, 5.74) is 2.46. The van der Waals surface area contributed by atoms with Crippen molar-refractivity contribution in [2.75, 3.05) is 11.3 Å². The molecule has 28 heavy (non-hydrogen) atoms. The number of hydrogen-bond donors (Lipinski definition) is 2. The lowest BCUT2D eigenvalue weighted by Gasteiger charge is -2.16. The number of ether oxygens (including phenoxy) is 1. The van der Waals surface area contributed by atoms with Crippen molar-refractivity contribution in [1.29, 1.82) is 0 Å². The zero-order valence-electron chi connectivity index (χ0n) is 16.9. The molecule has 0 bridgehead atoms. The van der Waals surface area contributed by atoms with Gasteiger partial charge < -0.3 is 10.1 Å². The van der Waals surface area contributed by atoms with E-state index in [-0.39, 0.29) is 10.8 Å². The fourth-order valence-corrected chi connectivity index (χ4v) is 3.67. The first-order chi connectivity index (χ1) is 13.1. The summed E-state index contributed by atoms with van der Waals surface area (Å²) in [4.78, 5) is 12.1. The van der Waals surface area contributed by atoms with E-state index in [2.05, 4.69) is 10.0 Å². The van der Waals surface area contributed by atoms with Crippen LogP contribution in [-0.2, 0) is 14.8 Å². The second kappa shape index (κ2) is 9.10. The Morgan fingerprint density at radius 3 is 2.25 bits per heavy atom. The third-order valence-corrected chi connectivity index (χ3v) is 5.51. The van der Waals surface area contributed by atoms with Gasteiger partial charge in [-0.05, 0) is 62.6 Å². The zero-order valence-corrected chi connectivity index (χ0v) is 17.8. The van der Waals surface area contributed by atoms with E-state index in [0.717, 1.165) is 11.1 Å². The molecule has 0 saturated carbocycles. The van der Waals surface area contributed by atoms with Gasteiger partial charge in [0.05, 0.1) is 10.6 Å². The molecule has 0 spiro atoms. The average molecular weight is 405 g/mol. The molecular formula is C21H28N2O4S. The molecule has 0 aliphatic heterocycles. The molecule has 0 aromatic heterocycles. The average Bonchev–Trinajstić information content (AvgIpc) is 2.62. The molecule has 7 heteroatoms. The Kier molecular flexibility index (Phi) is 7.07. The predicted molar refractivity (Wildman–Crippen MR) is 111 cm³/mol. The molecular weight excluding hydrogens is 376 g/mol. The Bertz CT molecular complexity index is 922. The number of nitrogens with one attached hydrogen (secondary N) is 2. The molecule has 0 aliphatic rings. The molecule has 2 aromatic rings. The normalized spacial score (nSPS) is 12.5. The Balaban J connectivity index is 2.05. The SMILES string of the molecule is Cc1ccc(NS(=O)(=O)c2ccc(O[C@H](C)C(=O)NCC(C)C)cc2)c(C)c1. The highest BCUT2D eigenvalue weighted by molar-refractivity contribution is 7.92. The van der Waals surface area contributed by atoms with Gasteiger partial charge in [0.1, 0.15) is 5.75 Å². The van der Waals surface area contributed by atoms with Crippen LogP contribution in [0.1, 0.15) is 31.9 Å². The van der Waals surface area contributed by atoms with E-state index in [9.17, 15) is 13.2 Å². The maximum Gasteiger partial charge on any atom is 0.261 e. The summed E-state index contributed by atoms with van der Waals surface area (Å²) in [5.74, 6) is 0.574. The Labute approximate surface area is 167 Å². The predicted octanol–water partition coefficient (Wildman–Crippen LogP) is 3.64. The highest BCUT2D eigenvalue weighted by atomic mass is 32.2. The summed E-state index contributed by atoms with van der Waals surface area (Å²) in [6, 6.07) is 11.5. The molecule has 2 aromatic carbocycles. The van der Waals surface area contributed by atoms with Gasteiger partial charge in [-0.15, -0.1) is 0 Å². The largest absolute Gasteiger partial charge is 0.481 e. The molecule has 0 unspecified atom stereocenters. The van der Waals surface area contributed by atoms with Crippen molar-refractivity contribution < 1.29 is 17.9 Å². The monoisotopic (exact) mass is 404 g/mol. The van der Waals surface area contributed by atoms with Crippen molar-refractivity contribution in [3.8, 4) is 5.75 Å². The minimum absolute atomic E-state index is 0.122. The van der Waals surface area contributed by atoms with Gasteiger partial charge in [0.25, 0.3) is 15.9 Å². The lowest BCUT2D eigenvalue weighted by atomic mass is 10.1. The lowest BCUT2D eigenvalue weighted by molar-refractivity contribution is -0.127. The van der Waals surface area contributed by atoms with Gasteiger partial charge in [0.15, 0.2) is 6.10 Å². The Hall–Kier alpha value is -2.54. The van der Waals surface area contributed by atoms with Crippen molar-refractivity contribution in [3.63, 3.8) is 0 Å². The van der Waals surface area contributed by atoms with Gasteiger partial charge in [-0.1, -0.05) is 31.5 Å². The van der Waals surface area contributed by atoms with Crippen molar-refractivity contribution in [2.45, 2.75) is 45.6 Å². The Morgan fingerprint density at radius 1 is 1.04 bits per heavy atom. The second-order valence-electron chi connectivity index (χ2n) is 7.29. The summed E-state index contributed by atoms with van der Waals surface area (Å²) in [7, 11) is -3.71. The van der Waals surface area contributed by atoms with Crippen LogP contribution in [-0.4, -0.2) is 27.0 Å². The number of carbonyl (C=O) groups excluding carboxylic acids is 1. The van der Waals surface area contributed by atoms with Crippen LogP contribution in [0, 0.1) is 19.8 Å². The molecule has 152 valence electrons. The van der Waals surface area contributed by atoms with E-state index in [1.807, 2.05) is 39.8 Å². The standard InChI is InChI=1S/C21H28N2O4S/c1-14(2)13-22-21(24)17(5)27-18-7-9-19(10-8-18)28(25,26)23-20-11-6-15(3)12-16(20)4/h6-12,14,17,23H,13H2,1-5H3,(H,22,24)/t17-/m1/s1. The fourth-order valence-electron chi connectivity index (χ4n) is 2.54. The fraction of sp³-hybridized carbons (Fsp3) is 0.381. The molecule has 2 N–H and O–H groups in total. The molecule has 1 amide bonds. The van der Waals surface area contributed by atoms with Gasteiger partial charge in [0.2, 0.25) is 0 Å². The minimum Gasteiger partial charge on any atom is -0.481 e. The van der Waals surface area contributed by atoms with Crippen molar-refractivity contribution in [2.24, 2.45) is 5.92 Å². The van der Waals surface area contributed by atoms with Crippen LogP contribution < -0.4 is 14.8 Å². The van der Waals surface area contributed by atoms with Gasteiger partial charge in [-0.2, -0.15) is 0 Å². The van der Waals surface area contributed by atoms with Crippen LogP contribution in [0.5, 0.6) is 5.75 Å². The number of anilines is 1. The van der Waals surface area contributed by atoms with Gasteiger partial charge >= 0.3 is 0 Å². The van der Waals surface area contributed by atoms with E-state index < -0.39 is 16.1 Å². The van der Waals surface area contributed by atoms with Gasteiger partial charge in [-0.3, -0.25) is 9.52 Å². The summed E-state index contributed by atoms with van der Waals surface area (Å²) in [6.45, 7) is 10.1. The van der Waals surface area contributed by atoms with Crippen molar-refractivity contribution >= 4 is 21.6 Å². The first kappa shape index (κ1) is 21.8. The van der Waals surface area contributed by atoms with Crippen LogP contribution in [0.4, 0.5) is 5.69 Å². The number of carbonyl (C=O) groups is 1. The van der Waals surface area contributed by atoms with Crippen LogP contribution in [0.25, 0.3) is 0 Å². The number of aryl methyl sites for hydroxylation is 2. The van der Waals surface area contributed by atoms with E-state index >= 15 is 0 Å². The van der Waals surface area contributed by atoms with E-state index in [1.54, 1.807) is 25.1 Å². The Morgan fingerprint density at radius 2 is 1.68 bits per heavy atom. The van der Waals surface area contributed by atoms with E-state index in [0.29, 0.717) is 23.9 Å².